The molecule has 1 aliphatic rings. The summed E-state index contributed by atoms with van der Waals surface area (Å²) < 4.78 is 0. The second-order valence-corrected chi connectivity index (χ2v) is 5.03. The second-order valence-electron chi connectivity index (χ2n) is 5.03. The van der Waals surface area contributed by atoms with E-state index in [1.165, 1.54) is 0 Å². The first-order chi connectivity index (χ1) is 9.63. The van der Waals surface area contributed by atoms with Gasteiger partial charge in [0.25, 0.3) is 0 Å². The number of nitrogens with one attached hydrogen (secondary N) is 1. The number of piperazine rings is 1. The molecule has 0 saturated carbocycles. The van der Waals surface area contributed by atoms with E-state index in [1.807, 2.05) is 24.8 Å². The minimum atomic E-state index is -0.361. The maximum absolute atomic E-state index is 12.3. The number of allylic oxidation sites excluding steroid dienone is 1. The molecule has 5 heteroatoms. The summed E-state index contributed by atoms with van der Waals surface area (Å²) in [5.41, 5.74) is 0. The molecule has 1 fully saturated rings. The predicted octanol–water partition coefficient (Wildman–Crippen LogP) is 1.01. The number of carbonyl (C=O) groups excluding carboxylic acids is 2. The molecule has 2 amide bonds. The SMILES string of the molecule is C=CCCCN1CCNC(CC(=O)N(CC)CC)C1=O. The lowest BCUT2D eigenvalue weighted by atomic mass is 10.1. The lowest BCUT2D eigenvalue weighted by Gasteiger charge is -2.33. The van der Waals surface area contributed by atoms with Crippen molar-refractivity contribution < 1.29 is 9.59 Å². The van der Waals surface area contributed by atoms with Crippen molar-refractivity contribution in [1.29, 1.82) is 0 Å². The Morgan fingerprint density at radius 2 is 2.20 bits per heavy atom. The summed E-state index contributed by atoms with van der Waals surface area (Å²) in [6.07, 6.45) is 3.98. The second kappa shape index (κ2) is 8.74. The maximum atomic E-state index is 12.3. The fourth-order valence-corrected chi connectivity index (χ4v) is 2.48. The molecule has 0 aromatic carbocycles. The van der Waals surface area contributed by atoms with E-state index in [1.54, 1.807) is 4.90 Å². The zero-order valence-electron chi connectivity index (χ0n) is 12.7. The van der Waals surface area contributed by atoms with Crippen molar-refractivity contribution in [2.45, 2.75) is 39.2 Å². The van der Waals surface area contributed by atoms with Crippen molar-refractivity contribution >= 4 is 11.8 Å². The average molecular weight is 281 g/mol. The topological polar surface area (TPSA) is 52.7 Å². The molecule has 0 bridgehead atoms. The van der Waals surface area contributed by atoms with Gasteiger partial charge in [0, 0.05) is 32.7 Å². The minimum Gasteiger partial charge on any atom is -0.343 e. The third kappa shape index (κ3) is 4.63. The molecular weight excluding hydrogens is 254 g/mol. The van der Waals surface area contributed by atoms with Crippen molar-refractivity contribution in [3.63, 3.8) is 0 Å². The first-order valence-corrected chi connectivity index (χ1v) is 7.54. The van der Waals surface area contributed by atoms with E-state index < -0.39 is 0 Å². The zero-order chi connectivity index (χ0) is 15.0. The number of hydrogen-bond donors (Lipinski definition) is 1. The van der Waals surface area contributed by atoms with E-state index in [-0.39, 0.29) is 24.3 Å². The summed E-state index contributed by atoms with van der Waals surface area (Å²) in [4.78, 5) is 28.0. The Bertz CT molecular complexity index is 340. The number of amides is 2. The molecule has 1 N–H and O–H groups in total. The van der Waals surface area contributed by atoms with Crippen LogP contribution < -0.4 is 5.32 Å². The Kier molecular flexibility index (Phi) is 7.30. The molecule has 1 unspecified atom stereocenters. The lowest BCUT2D eigenvalue weighted by molar-refractivity contribution is -0.140. The van der Waals surface area contributed by atoms with Crippen LogP contribution in [0.5, 0.6) is 0 Å². The van der Waals surface area contributed by atoms with Gasteiger partial charge in [-0.05, 0) is 26.7 Å². The number of carbonyl (C=O) groups is 2. The van der Waals surface area contributed by atoms with E-state index in [2.05, 4.69) is 11.9 Å². The number of hydrogen-bond acceptors (Lipinski definition) is 3. The first kappa shape index (κ1) is 16.7. The molecule has 20 heavy (non-hydrogen) atoms. The minimum absolute atomic E-state index is 0.0498. The molecule has 1 atom stereocenters. The lowest BCUT2D eigenvalue weighted by Crippen LogP contribution is -2.56. The van der Waals surface area contributed by atoms with Crippen LogP contribution in [0.15, 0.2) is 12.7 Å². The van der Waals surface area contributed by atoms with Crippen LogP contribution in [0.3, 0.4) is 0 Å². The van der Waals surface area contributed by atoms with Crippen molar-refractivity contribution in [2.24, 2.45) is 0 Å². The predicted molar refractivity (Wildman–Crippen MR) is 80.3 cm³/mol. The monoisotopic (exact) mass is 281 g/mol. The Labute approximate surface area is 122 Å². The van der Waals surface area contributed by atoms with Crippen LogP contribution in [0.2, 0.25) is 0 Å². The van der Waals surface area contributed by atoms with Crippen molar-refractivity contribution in [3.05, 3.63) is 12.7 Å². The van der Waals surface area contributed by atoms with E-state index in [9.17, 15) is 9.59 Å². The maximum Gasteiger partial charge on any atom is 0.240 e. The summed E-state index contributed by atoms with van der Waals surface area (Å²) >= 11 is 0. The van der Waals surface area contributed by atoms with Gasteiger partial charge in [-0.3, -0.25) is 9.59 Å². The van der Waals surface area contributed by atoms with Crippen LogP contribution >= 0.6 is 0 Å². The van der Waals surface area contributed by atoms with Crippen LogP contribution in [0.25, 0.3) is 0 Å². The van der Waals surface area contributed by atoms with E-state index >= 15 is 0 Å². The van der Waals surface area contributed by atoms with Gasteiger partial charge < -0.3 is 15.1 Å². The smallest absolute Gasteiger partial charge is 0.240 e. The molecule has 1 rings (SSSR count). The Balaban J connectivity index is 2.51. The van der Waals surface area contributed by atoms with Crippen molar-refractivity contribution in [1.82, 2.24) is 15.1 Å². The number of unbranched alkanes of at least 4 members (excludes halogenated alkanes) is 1. The average Bonchev–Trinajstić information content (AvgIpc) is 2.44. The Hall–Kier alpha value is -1.36. The highest BCUT2D eigenvalue weighted by Gasteiger charge is 2.30. The Morgan fingerprint density at radius 1 is 1.50 bits per heavy atom. The molecule has 5 nitrogen and oxygen atoms in total. The van der Waals surface area contributed by atoms with Crippen LogP contribution in [0.4, 0.5) is 0 Å². The molecule has 1 saturated heterocycles. The van der Waals surface area contributed by atoms with Gasteiger partial charge in [-0.25, -0.2) is 0 Å². The standard InChI is InChI=1S/C15H27N3O2/c1-4-7-8-10-18-11-9-16-13(15(18)20)12-14(19)17(5-2)6-3/h4,13,16H,1,5-12H2,2-3H3. The molecule has 0 spiro atoms. The molecule has 1 heterocycles. The highest BCUT2D eigenvalue weighted by atomic mass is 16.2. The fourth-order valence-electron chi connectivity index (χ4n) is 2.48. The van der Waals surface area contributed by atoms with Crippen LogP contribution in [-0.4, -0.2) is 60.4 Å². The molecule has 0 aliphatic carbocycles. The normalized spacial score (nSPS) is 19.0. The molecule has 1 aliphatic heterocycles. The van der Waals surface area contributed by atoms with Gasteiger partial charge >= 0.3 is 0 Å². The molecule has 0 aromatic heterocycles. The van der Waals surface area contributed by atoms with E-state index in [0.717, 1.165) is 32.5 Å². The third-order valence-corrected chi connectivity index (χ3v) is 3.71. The highest BCUT2D eigenvalue weighted by Crippen LogP contribution is 2.09. The first-order valence-electron chi connectivity index (χ1n) is 7.54. The van der Waals surface area contributed by atoms with Gasteiger partial charge in [0.2, 0.25) is 11.8 Å². The molecule has 0 radical (unpaired) electrons. The number of rotatable bonds is 8. The van der Waals surface area contributed by atoms with Gasteiger partial charge in [0.05, 0.1) is 12.5 Å². The molecule has 114 valence electrons. The van der Waals surface area contributed by atoms with Crippen molar-refractivity contribution in [3.8, 4) is 0 Å². The van der Waals surface area contributed by atoms with Gasteiger partial charge in [0.15, 0.2) is 0 Å². The van der Waals surface area contributed by atoms with Crippen LogP contribution in [0, 0.1) is 0 Å². The third-order valence-electron chi connectivity index (χ3n) is 3.71. The van der Waals surface area contributed by atoms with E-state index in [4.69, 9.17) is 0 Å². The fraction of sp³-hybridized carbons (Fsp3) is 0.733. The molecular formula is C15H27N3O2. The summed E-state index contributed by atoms with van der Waals surface area (Å²) in [6, 6.07) is -0.361. The van der Waals surface area contributed by atoms with Gasteiger partial charge in [-0.15, -0.1) is 6.58 Å². The largest absolute Gasteiger partial charge is 0.343 e. The highest BCUT2D eigenvalue weighted by molar-refractivity contribution is 5.88. The van der Waals surface area contributed by atoms with Crippen molar-refractivity contribution in [2.75, 3.05) is 32.7 Å². The number of nitrogens with zero attached hydrogens (tertiary/aromatic N) is 2. The Morgan fingerprint density at radius 3 is 2.80 bits per heavy atom. The van der Waals surface area contributed by atoms with Gasteiger partial charge in [0.1, 0.15) is 0 Å². The summed E-state index contributed by atoms with van der Waals surface area (Å²) in [5, 5.41) is 3.16. The van der Waals surface area contributed by atoms with Gasteiger partial charge in [-0.2, -0.15) is 0 Å². The quantitative estimate of drug-likeness (QED) is 0.534. The van der Waals surface area contributed by atoms with Crippen LogP contribution in [0.1, 0.15) is 33.1 Å². The summed E-state index contributed by atoms with van der Waals surface area (Å²) in [7, 11) is 0. The van der Waals surface area contributed by atoms with Gasteiger partial charge in [-0.1, -0.05) is 6.08 Å². The summed E-state index contributed by atoms with van der Waals surface area (Å²) in [5.74, 6) is 0.106. The molecule has 0 aromatic rings. The van der Waals surface area contributed by atoms with Crippen LogP contribution in [-0.2, 0) is 9.59 Å². The zero-order valence-corrected chi connectivity index (χ0v) is 12.7. The summed E-state index contributed by atoms with van der Waals surface area (Å²) in [6.45, 7) is 11.2. The van der Waals surface area contributed by atoms with E-state index in [0.29, 0.717) is 13.1 Å².